The highest BCUT2D eigenvalue weighted by molar-refractivity contribution is 7.96. The summed E-state index contributed by atoms with van der Waals surface area (Å²) in [7, 11) is 0. The van der Waals surface area contributed by atoms with E-state index in [9.17, 15) is 8.78 Å². The molecule has 2 heterocycles. The lowest BCUT2D eigenvalue weighted by Crippen LogP contribution is -2.38. The molecule has 1 aliphatic heterocycles. The van der Waals surface area contributed by atoms with Crippen LogP contribution in [0.2, 0.25) is 0 Å². The zero-order chi connectivity index (χ0) is 18.6. The van der Waals surface area contributed by atoms with Gasteiger partial charge in [0.2, 0.25) is 5.95 Å². The summed E-state index contributed by atoms with van der Waals surface area (Å²) in [5.74, 6) is -2.40. The third kappa shape index (κ3) is 2.83. The van der Waals surface area contributed by atoms with E-state index in [1.165, 1.54) is 11.1 Å². The molecule has 0 radical (unpaired) electrons. The van der Waals surface area contributed by atoms with E-state index in [-0.39, 0.29) is 12.1 Å². The number of fused-ring (bicyclic) bond motifs is 2. The number of nitrogens with zero attached hydrogens (tertiary/aromatic N) is 3. The molecule has 5 rings (SSSR count). The van der Waals surface area contributed by atoms with Crippen LogP contribution in [0.3, 0.4) is 0 Å². The molecule has 27 heavy (non-hydrogen) atoms. The van der Waals surface area contributed by atoms with E-state index >= 15 is 0 Å². The fraction of sp³-hybridized carbons (Fsp3) is 0.500. The second-order valence-electron chi connectivity index (χ2n) is 7.57. The lowest BCUT2D eigenvalue weighted by Gasteiger charge is -2.31. The monoisotopic (exact) mass is 388 g/mol. The van der Waals surface area contributed by atoms with Crippen molar-refractivity contribution >= 4 is 17.9 Å². The van der Waals surface area contributed by atoms with Gasteiger partial charge in [-0.15, -0.1) is 0 Å². The predicted molar refractivity (Wildman–Crippen MR) is 104 cm³/mol. The number of alkyl halides is 2. The Morgan fingerprint density at radius 2 is 2.07 bits per heavy atom. The number of nitrogens with one attached hydrogen (secondary N) is 1. The standard InChI is InChI=1S/C20H22F2N4S/c1-27-25-16-6-5-12-3-4-13(11-15(12)16)17-14-7-8-20(21,22)18(14)24-19(23-17)26-9-2-10-26/h3-4,11,16,25H,2,5-10H2,1H3. The predicted octanol–water partition coefficient (Wildman–Crippen LogP) is 4.25. The Bertz CT molecular complexity index is 896. The Morgan fingerprint density at radius 1 is 1.22 bits per heavy atom. The SMILES string of the molecule is CSNC1CCc2ccc(-c3nc(N4CCC4)nc4c3CCC4(F)F)cc21. The second kappa shape index (κ2) is 6.41. The zero-order valence-corrected chi connectivity index (χ0v) is 16.1. The van der Waals surface area contributed by atoms with Gasteiger partial charge in [0, 0.05) is 36.7 Å². The maximum atomic E-state index is 14.5. The normalized spacial score (nSPS) is 22.5. The molecular formula is C20H22F2N4S. The van der Waals surface area contributed by atoms with E-state index in [1.807, 2.05) is 17.2 Å². The fourth-order valence-electron chi connectivity index (χ4n) is 4.32. The molecule has 1 atom stereocenters. The van der Waals surface area contributed by atoms with Crippen LogP contribution in [-0.2, 0) is 18.8 Å². The first-order valence-corrected chi connectivity index (χ1v) is 10.7. The van der Waals surface area contributed by atoms with Crippen molar-refractivity contribution in [1.29, 1.82) is 0 Å². The lowest BCUT2D eigenvalue weighted by atomic mass is 9.99. The van der Waals surface area contributed by atoms with Gasteiger partial charge in [-0.25, -0.2) is 9.97 Å². The molecule has 3 aliphatic rings. The zero-order valence-electron chi connectivity index (χ0n) is 15.3. The van der Waals surface area contributed by atoms with Gasteiger partial charge in [0.25, 0.3) is 5.92 Å². The van der Waals surface area contributed by atoms with E-state index in [2.05, 4.69) is 21.8 Å². The topological polar surface area (TPSA) is 41.1 Å². The van der Waals surface area contributed by atoms with Crippen LogP contribution in [0, 0.1) is 0 Å². The van der Waals surface area contributed by atoms with Crippen LogP contribution in [0.25, 0.3) is 11.3 Å². The van der Waals surface area contributed by atoms with Crippen molar-refractivity contribution in [2.24, 2.45) is 0 Å². The molecule has 2 aliphatic carbocycles. The van der Waals surface area contributed by atoms with Gasteiger partial charge >= 0.3 is 0 Å². The minimum absolute atomic E-state index is 0.0614. The number of hydrogen-bond acceptors (Lipinski definition) is 5. The van der Waals surface area contributed by atoms with Crippen LogP contribution in [0.15, 0.2) is 18.2 Å². The van der Waals surface area contributed by atoms with Gasteiger partial charge < -0.3 is 4.90 Å². The van der Waals surface area contributed by atoms with Crippen molar-refractivity contribution in [2.75, 3.05) is 24.2 Å². The van der Waals surface area contributed by atoms with E-state index in [1.54, 1.807) is 11.9 Å². The third-order valence-electron chi connectivity index (χ3n) is 5.93. The van der Waals surface area contributed by atoms with E-state index in [0.717, 1.165) is 37.9 Å². The first kappa shape index (κ1) is 17.4. The molecule has 0 saturated carbocycles. The molecule has 0 spiro atoms. The van der Waals surface area contributed by atoms with Crippen LogP contribution in [0.1, 0.15) is 47.7 Å². The molecule has 1 aromatic heterocycles. The highest BCUT2D eigenvalue weighted by Gasteiger charge is 2.43. The van der Waals surface area contributed by atoms with Gasteiger partial charge in [-0.3, -0.25) is 4.72 Å². The minimum Gasteiger partial charge on any atom is -0.341 e. The van der Waals surface area contributed by atoms with Gasteiger partial charge in [-0.05, 0) is 49.1 Å². The second-order valence-corrected chi connectivity index (χ2v) is 8.22. The Morgan fingerprint density at radius 3 is 2.81 bits per heavy atom. The fourth-order valence-corrected chi connectivity index (χ4v) is 4.85. The summed E-state index contributed by atoms with van der Waals surface area (Å²) in [6, 6.07) is 6.63. The van der Waals surface area contributed by atoms with Crippen LogP contribution in [-0.4, -0.2) is 29.3 Å². The maximum absolute atomic E-state index is 14.5. The van der Waals surface area contributed by atoms with Crippen LogP contribution >= 0.6 is 11.9 Å². The molecule has 7 heteroatoms. The maximum Gasteiger partial charge on any atom is 0.290 e. The summed E-state index contributed by atoms with van der Waals surface area (Å²) in [6.07, 6.45) is 5.37. The summed E-state index contributed by atoms with van der Waals surface area (Å²) < 4.78 is 32.4. The number of benzene rings is 1. The quantitative estimate of drug-likeness (QED) is 0.793. The molecule has 4 nitrogen and oxygen atoms in total. The largest absolute Gasteiger partial charge is 0.341 e. The summed E-state index contributed by atoms with van der Waals surface area (Å²) in [4.78, 5) is 11.0. The highest BCUT2D eigenvalue weighted by atomic mass is 32.2. The van der Waals surface area contributed by atoms with E-state index in [4.69, 9.17) is 4.98 Å². The summed E-state index contributed by atoms with van der Waals surface area (Å²) >= 11 is 1.62. The Labute approximate surface area is 161 Å². The van der Waals surface area contributed by atoms with Crippen molar-refractivity contribution in [3.8, 4) is 11.3 Å². The smallest absolute Gasteiger partial charge is 0.290 e. The van der Waals surface area contributed by atoms with Crippen molar-refractivity contribution in [3.05, 3.63) is 40.6 Å². The summed E-state index contributed by atoms with van der Waals surface area (Å²) in [5.41, 5.74) is 4.79. The minimum atomic E-state index is -2.85. The number of aromatic nitrogens is 2. The number of hydrogen-bond donors (Lipinski definition) is 1. The van der Waals surface area contributed by atoms with Gasteiger partial charge in [0.1, 0.15) is 5.69 Å². The molecule has 1 aromatic carbocycles. The Balaban J connectivity index is 1.63. The van der Waals surface area contributed by atoms with Gasteiger partial charge in [-0.2, -0.15) is 8.78 Å². The van der Waals surface area contributed by atoms with Crippen LogP contribution in [0.4, 0.5) is 14.7 Å². The van der Waals surface area contributed by atoms with Gasteiger partial charge in [-0.1, -0.05) is 24.1 Å². The molecule has 1 fully saturated rings. The molecule has 1 unspecified atom stereocenters. The molecule has 142 valence electrons. The van der Waals surface area contributed by atoms with Gasteiger partial charge in [0.05, 0.1) is 5.69 Å². The molecule has 0 amide bonds. The van der Waals surface area contributed by atoms with Crippen molar-refractivity contribution in [3.63, 3.8) is 0 Å². The highest BCUT2D eigenvalue weighted by Crippen LogP contribution is 2.45. The third-order valence-corrected chi connectivity index (χ3v) is 6.45. The van der Waals surface area contributed by atoms with Crippen molar-refractivity contribution in [2.45, 2.75) is 44.1 Å². The van der Waals surface area contributed by atoms with Gasteiger partial charge in [0.15, 0.2) is 0 Å². The van der Waals surface area contributed by atoms with Crippen molar-refractivity contribution in [1.82, 2.24) is 14.7 Å². The molecule has 1 saturated heterocycles. The number of rotatable bonds is 4. The first-order chi connectivity index (χ1) is 13.1. The van der Waals surface area contributed by atoms with Crippen molar-refractivity contribution < 1.29 is 8.78 Å². The number of halogens is 2. The lowest BCUT2D eigenvalue weighted by molar-refractivity contribution is -0.00593. The molecule has 1 N–H and O–H groups in total. The Hall–Kier alpha value is -1.73. The average Bonchev–Trinajstić information content (AvgIpc) is 3.14. The van der Waals surface area contributed by atoms with E-state index < -0.39 is 5.92 Å². The average molecular weight is 388 g/mol. The molecular weight excluding hydrogens is 366 g/mol. The molecule has 0 bridgehead atoms. The number of aryl methyl sites for hydroxylation is 1. The summed E-state index contributed by atoms with van der Waals surface area (Å²) in [5, 5.41) is 0. The first-order valence-electron chi connectivity index (χ1n) is 9.53. The van der Waals surface area contributed by atoms with Crippen LogP contribution in [0.5, 0.6) is 0 Å². The summed E-state index contributed by atoms with van der Waals surface area (Å²) in [6.45, 7) is 1.68. The molecule has 2 aromatic rings. The van der Waals surface area contributed by atoms with E-state index in [0.29, 0.717) is 29.7 Å². The Kier molecular flexibility index (Phi) is 4.13. The van der Waals surface area contributed by atoms with Crippen LogP contribution < -0.4 is 9.62 Å². The number of anilines is 1.